The van der Waals surface area contributed by atoms with Gasteiger partial charge in [-0.1, -0.05) is 48.5 Å². The van der Waals surface area contributed by atoms with Gasteiger partial charge in [0.2, 0.25) is 0 Å². The van der Waals surface area contributed by atoms with E-state index < -0.39 is 4.87 Å². The second-order valence-corrected chi connectivity index (χ2v) is 14.5. The van der Waals surface area contributed by atoms with Crippen LogP contribution in [0, 0.1) is 0 Å². The van der Waals surface area contributed by atoms with E-state index in [-0.39, 0.29) is 0 Å². The fourth-order valence-corrected chi connectivity index (χ4v) is 8.05. The van der Waals surface area contributed by atoms with Gasteiger partial charge >= 0.3 is 0 Å². The van der Waals surface area contributed by atoms with Crippen molar-refractivity contribution in [2.45, 2.75) is 4.87 Å². The van der Waals surface area contributed by atoms with Gasteiger partial charge < -0.3 is 38.5 Å². The molecule has 4 saturated heterocycles. The highest BCUT2D eigenvalue weighted by Gasteiger charge is 2.32. The maximum Gasteiger partial charge on any atom is 0.113 e. The van der Waals surface area contributed by atoms with E-state index in [9.17, 15) is 0 Å². The molecule has 4 aliphatic rings. The van der Waals surface area contributed by atoms with Crippen molar-refractivity contribution in [2.24, 2.45) is 0 Å². The third-order valence-corrected chi connectivity index (χ3v) is 11.3. The number of anilines is 4. The molecule has 0 saturated carbocycles. The van der Waals surface area contributed by atoms with Gasteiger partial charge in [0.15, 0.2) is 0 Å². The minimum atomic E-state index is -0.950. The molecule has 0 spiro atoms. The molecule has 4 heterocycles. The number of hydrogen-bond acceptors (Lipinski definition) is 8. The van der Waals surface area contributed by atoms with Crippen LogP contribution in [0.3, 0.4) is 0 Å². The Bertz CT molecular complexity index is 1630. The fourth-order valence-electron chi connectivity index (χ4n) is 7.68. The monoisotopic (exact) mass is 720 g/mol. The molecule has 52 heavy (non-hydrogen) atoms. The molecular formula is C43H49ClN4O4. The van der Waals surface area contributed by atoms with E-state index in [1.54, 1.807) is 0 Å². The zero-order chi connectivity index (χ0) is 35.2. The first kappa shape index (κ1) is 35.0. The molecule has 4 aromatic carbocycles. The number of nitrogens with zero attached hydrogens (tertiary/aromatic N) is 4. The summed E-state index contributed by atoms with van der Waals surface area (Å²) in [7, 11) is 0. The number of rotatable bonds is 9. The van der Waals surface area contributed by atoms with Crippen LogP contribution < -0.4 is 19.6 Å². The highest BCUT2D eigenvalue weighted by molar-refractivity contribution is 6.28. The van der Waals surface area contributed by atoms with Crippen LogP contribution in [0.4, 0.5) is 22.7 Å². The van der Waals surface area contributed by atoms with E-state index in [1.165, 1.54) is 22.7 Å². The van der Waals surface area contributed by atoms with Crippen LogP contribution in [-0.4, -0.2) is 105 Å². The maximum atomic E-state index is 8.08. The van der Waals surface area contributed by atoms with Crippen LogP contribution in [-0.2, 0) is 23.8 Å². The summed E-state index contributed by atoms with van der Waals surface area (Å²) in [6.07, 6.45) is 2.27. The minimum Gasteiger partial charge on any atom is -0.378 e. The summed E-state index contributed by atoms with van der Waals surface area (Å²) in [6, 6.07) is 35.6. The third kappa shape index (κ3) is 7.82. The number of ether oxygens (including phenoxy) is 4. The molecule has 9 heteroatoms. The lowest BCUT2D eigenvalue weighted by molar-refractivity contribution is 0.122. The molecule has 0 aromatic heterocycles. The number of alkyl halides is 1. The molecule has 0 radical (unpaired) electrons. The Balaban J connectivity index is 1.21. The molecule has 0 amide bonds. The van der Waals surface area contributed by atoms with E-state index in [1.807, 2.05) is 0 Å². The van der Waals surface area contributed by atoms with Crippen molar-refractivity contribution in [3.63, 3.8) is 0 Å². The summed E-state index contributed by atoms with van der Waals surface area (Å²) >= 11 is 8.08. The zero-order valence-corrected chi connectivity index (χ0v) is 30.7. The smallest absolute Gasteiger partial charge is 0.113 e. The first-order chi connectivity index (χ1) is 25.6. The van der Waals surface area contributed by atoms with Crippen molar-refractivity contribution < 1.29 is 18.9 Å². The summed E-state index contributed by atoms with van der Waals surface area (Å²) in [5.41, 5.74) is 10.2. The molecule has 0 atom stereocenters. The molecule has 272 valence electrons. The largest absolute Gasteiger partial charge is 0.378 e. The van der Waals surface area contributed by atoms with E-state index in [4.69, 9.17) is 30.5 Å². The molecular weight excluding hydrogens is 672 g/mol. The maximum absolute atomic E-state index is 8.08. The Morgan fingerprint density at radius 1 is 0.404 bits per heavy atom. The van der Waals surface area contributed by atoms with Crippen molar-refractivity contribution in [3.05, 3.63) is 125 Å². The number of benzene rings is 4. The number of hydrogen-bond donors (Lipinski definition) is 0. The van der Waals surface area contributed by atoms with Crippen molar-refractivity contribution in [1.29, 1.82) is 0 Å². The predicted octanol–water partition coefficient (Wildman–Crippen LogP) is 6.65. The van der Waals surface area contributed by atoms with Gasteiger partial charge in [-0.15, -0.1) is 11.6 Å². The van der Waals surface area contributed by atoms with Gasteiger partial charge in [-0.25, -0.2) is 0 Å². The highest BCUT2D eigenvalue weighted by atomic mass is 35.5. The lowest BCUT2D eigenvalue weighted by Crippen LogP contribution is -2.36. The zero-order valence-electron chi connectivity index (χ0n) is 29.9. The Morgan fingerprint density at radius 2 is 0.654 bits per heavy atom. The van der Waals surface area contributed by atoms with Gasteiger partial charge in [0.1, 0.15) is 4.87 Å². The van der Waals surface area contributed by atoms with Gasteiger partial charge in [0.25, 0.3) is 0 Å². The predicted molar refractivity (Wildman–Crippen MR) is 212 cm³/mol. The third-order valence-electron chi connectivity index (χ3n) is 10.8. The number of allylic oxidation sites excluding steroid dienone is 1. The summed E-state index contributed by atoms with van der Waals surface area (Å²) in [5, 5.41) is 0. The van der Waals surface area contributed by atoms with Crippen LogP contribution in [0.2, 0.25) is 0 Å². The Kier molecular flexibility index (Phi) is 11.0. The van der Waals surface area contributed by atoms with E-state index in [2.05, 4.69) is 123 Å². The molecule has 4 aromatic rings. The molecule has 4 fully saturated rings. The lowest BCUT2D eigenvalue weighted by atomic mass is 9.85. The molecule has 8 nitrogen and oxygen atoms in total. The van der Waals surface area contributed by atoms with Crippen molar-refractivity contribution in [2.75, 3.05) is 125 Å². The number of morpholine rings is 4. The van der Waals surface area contributed by atoms with Crippen molar-refractivity contribution in [3.8, 4) is 0 Å². The average Bonchev–Trinajstić information content (AvgIpc) is 3.24. The molecule has 8 rings (SSSR count). The summed E-state index contributed by atoms with van der Waals surface area (Å²) in [6.45, 7) is 13.2. The summed E-state index contributed by atoms with van der Waals surface area (Å²) < 4.78 is 22.5. The second kappa shape index (κ2) is 16.3. The van der Waals surface area contributed by atoms with Crippen LogP contribution in [0.25, 0.3) is 5.57 Å². The topological polar surface area (TPSA) is 49.9 Å². The normalized spacial score (nSPS) is 18.7. The van der Waals surface area contributed by atoms with Gasteiger partial charge in [0, 0.05) is 75.1 Å². The van der Waals surface area contributed by atoms with Gasteiger partial charge in [-0.3, -0.25) is 0 Å². The van der Waals surface area contributed by atoms with E-state index in [0.29, 0.717) is 0 Å². The van der Waals surface area contributed by atoms with Crippen LogP contribution >= 0.6 is 11.6 Å². The first-order valence-corrected chi connectivity index (χ1v) is 19.2. The Hall–Kier alpha value is -4.05. The van der Waals surface area contributed by atoms with Crippen LogP contribution in [0.15, 0.2) is 103 Å². The van der Waals surface area contributed by atoms with Crippen molar-refractivity contribution >= 4 is 39.9 Å². The molecule has 4 aliphatic heterocycles. The number of halogens is 1. The Labute approximate surface area is 313 Å². The minimum absolute atomic E-state index is 0.747. The van der Waals surface area contributed by atoms with Gasteiger partial charge in [-0.05, 0) is 82.4 Å². The van der Waals surface area contributed by atoms with Crippen LogP contribution in [0.5, 0.6) is 0 Å². The Morgan fingerprint density at radius 3 is 0.923 bits per heavy atom. The second-order valence-electron chi connectivity index (χ2n) is 13.9. The van der Waals surface area contributed by atoms with Crippen LogP contribution in [0.1, 0.15) is 22.3 Å². The standard InChI is InChI=1S/C43H49ClN4O4/c44-43(36-5-13-40(14-6-36)47-21-29-51-30-22-47,37-7-15-41(16-8-37)48-23-31-52-32-24-48)33-42(34-1-9-38(10-2-34)45-17-25-49-26-18-45)35-3-11-39(12-4-35)46-19-27-50-28-20-46/h1-16,33H,17-32H2. The van der Waals surface area contributed by atoms with E-state index >= 15 is 0 Å². The quantitative estimate of drug-likeness (QED) is 0.178. The summed E-state index contributed by atoms with van der Waals surface area (Å²) in [5.74, 6) is 0. The van der Waals surface area contributed by atoms with Gasteiger partial charge in [-0.2, -0.15) is 0 Å². The molecule has 0 aliphatic carbocycles. The fraction of sp³-hybridized carbons (Fsp3) is 0.395. The molecule has 0 N–H and O–H groups in total. The lowest BCUT2D eigenvalue weighted by Gasteiger charge is -2.32. The van der Waals surface area contributed by atoms with Gasteiger partial charge in [0.05, 0.1) is 52.9 Å². The highest BCUT2D eigenvalue weighted by Crippen LogP contribution is 2.43. The molecule has 0 bridgehead atoms. The molecule has 0 unspecified atom stereocenters. The van der Waals surface area contributed by atoms with E-state index in [0.717, 1.165) is 133 Å². The van der Waals surface area contributed by atoms with Crippen molar-refractivity contribution in [1.82, 2.24) is 0 Å². The first-order valence-electron chi connectivity index (χ1n) is 18.8. The SMILES string of the molecule is ClC(C=C(c1ccc(N2CCOCC2)cc1)c1ccc(N2CCOCC2)cc1)(c1ccc(N2CCOCC2)cc1)c1ccc(N2CCOCC2)cc1. The average molecular weight is 721 g/mol. The summed E-state index contributed by atoms with van der Waals surface area (Å²) in [4.78, 5) is 8.60.